The second-order valence-electron chi connectivity index (χ2n) is 6.88. The first-order valence-corrected chi connectivity index (χ1v) is 9.95. The van der Waals surface area contributed by atoms with Crippen LogP contribution >= 0.6 is 24.0 Å². The maximum Gasteiger partial charge on any atom is 0.191 e. The van der Waals surface area contributed by atoms with Crippen LogP contribution in [0.1, 0.15) is 61.0 Å². The number of aromatic nitrogens is 3. The average molecular weight is 518 g/mol. The second-order valence-corrected chi connectivity index (χ2v) is 6.88. The topological polar surface area (TPSA) is 89.5 Å². The number of aryl methyl sites for hydroxylation is 1. The predicted octanol–water partition coefficient (Wildman–Crippen LogP) is 3.52. The van der Waals surface area contributed by atoms with Crippen LogP contribution in [0.15, 0.2) is 15.6 Å². The van der Waals surface area contributed by atoms with E-state index in [-0.39, 0.29) is 24.0 Å². The SMILES string of the molecule is CCC(CC)c1cc(CNC(=NC)NCc2c(C)nn(CCOC)c2C)on1.I. The van der Waals surface area contributed by atoms with Crippen LogP contribution in [0.25, 0.3) is 0 Å². The molecule has 0 saturated carbocycles. The molecule has 0 aliphatic heterocycles. The summed E-state index contributed by atoms with van der Waals surface area (Å²) in [5, 5.41) is 15.4. The third-order valence-electron chi connectivity index (χ3n) is 5.11. The summed E-state index contributed by atoms with van der Waals surface area (Å²) in [6.45, 7) is 11.0. The number of hydrogen-bond donors (Lipinski definition) is 2. The molecule has 0 fully saturated rings. The summed E-state index contributed by atoms with van der Waals surface area (Å²) < 4.78 is 12.6. The van der Waals surface area contributed by atoms with Gasteiger partial charge in [0.15, 0.2) is 11.7 Å². The first-order chi connectivity index (χ1) is 13.5. The van der Waals surface area contributed by atoms with Gasteiger partial charge in [0.1, 0.15) is 0 Å². The van der Waals surface area contributed by atoms with Crippen molar-refractivity contribution in [2.24, 2.45) is 4.99 Å². The highest BCUT2D eigenvalue weighted by molar-refractivity contribution is 14.0. The highest BCUT2D eigenvalue weighted by Gasteiger charge is 2.14. The molecule has 0 unspecified atom stereocenters. The molecule has 8 nitrogen and oxygen atoms in total. The highest BCUT2D eigenvalue weighted by atomic mass is 127. The van der Waals surface area contributed by atoms with Crippen LogP contribution < -0.4 is 10.6 Å². The third-order valence-corrected chi connectivity index (χ3v) is 5.11. The highest BCUT2D eigenvalue weighted by Crippen LogP contribution is 2.22. The monoisotopic (exact) mass is 518 g/mol. The zero-order valence-corrected chi connectivity index (χ0v) is 20.7. The molecule has 0 saturated heterocycles. The Hall–Kier alpha value is -1.62. The lowest BCUT2D eigenvalue weighted by atomic mass is 9.99. The average Bonchev–Trinajstić information content (AvgIpc) is 3.26. The lowest BCUT2D eigenvalue weighted by Gasteiger charge is -2.11. The molecule has 2 rings (SSSR count). The number of hydrogen-bond acceptors (Lipinski definition) is 5. The van der Waals surface area contributed by atoms with Gasteiger partial charge in [-0.15, -0.1) is 24.0 Å². The number of nitrogens with zero attached hydrogens (tertiary/aromatic N) is 4. The van der Waals surface area contributed by atoms with Crippen molar-refractivity contribution in [2.45, 2.75) is 66.1 Å². The molecule has 0 atom stereocenters. The summed E-state index contributed by atoms with van der Waals surface area (Å²) in [6.07, 6.45) is 2.13. The standard InChI is InChI=1S/C20H34N6O2.HI/c1-7-16(8-2)19-11-17(28-25-19)12-22-20(21-5)23-13-18-14(3)24-26(15(18)4)9-10-27-6;/h11,16H,7-10,12-13H2,1-6H3,(H2,21,22,23);1H. The van der Waals surface area contributed by atoms with Gasteiger partial charge in [-0.1, -0.05) is 19.0 Å². The van der Waals surface area contributed by atoms with Crippen LogP contribution in [0.5, 0.6) is 0 Å². The van der Waals surface area contributed by atoms with E-state index in [1.165, 1.54) is 5.56 Å². The van der Waals surface area contributed by atoms with Crippen molar-refractivity contribution < 1.29 is 9.26 Å². The number of ether oxygens (including phenoxy) is 1. The Labute approximate surface area is 190 Å². The molecule has 29 heavy (non-hydrogen) atoms. The molecule has 0 amide bonds. The minimum atomic E-state index is 0. The van der Waals surface area contributed by atoms with Crippen molar-refractivity contribution in [1.82, 2.24) is 25.6 Å². The quantitative estimate of drug-likeness (QED) is 0.284. The van der Waals surface area contributed by atoms with Crippen molar-refractivity contribution in [2.75, 3.05) is 20.8 Å². The number of halogens is 1. The number of rotatable bonds is 10. The molecule has 0 spiro atoms. The summed E-state index contributed by atoms with van der Waals surface area (Å²) in [5.41, 5.74) is 4.36. The Morgan fingerprint density at radius 2 is 1.93 bits per heavy atom. The molecule has 164 valence electrons. The number of guanidine groups is 1. The molecule has 0 bridgehead atoms. The maximum atomic E-state index is 5.47. The smallest absolute Gasteiger partial charge is 0.191 e. The molecule has 2 aromatic rings. The largest absolute Gasteiger partial charge is 0.383 e. The minimum Gasteiger partial charge on any atom is -0.383 e. The molecular weight excluding hydrogens is 483 g/mol. The van der Waals surface area contributed by atoms with Crippen LogP contribution in [0.3, 0.4) is 0 Å². The van der Waals surface area contributed by atoms with Gasteiger partial charge < -0.3 is 19.9 Å². The summed E-state index contributed by atoms with van der Waals surface area (Å²) >= 11 is 0. The Kier molecular flexibility index (Phi) is 11.3. The molecule has 2 aromatic heterocycles. The van der Waals surface area contributed by atoms with Gasteiger partial charge >= 0.3 is 0 Å². The fourth-order valence-electron chi connectivity index (χ4n) is 3.26. The van der Waals surface area contributed by atoms with E-state index in [0.29, 0.717) is 31.6 Å². The van der Waals surface area contributed by atoms with Crippen LogP contribution in [-0.2, 0) is 24.4 Å². The van der Waals surface area contributed by atoms with E-state index in [1.54, 1.807) is 14.2 Å². The van der Waals surface area contributed by atoms with E-state index in [1.807, 2.05) is 17.7 Å². The van der Waals surface area contributed by atoms with Crippen LogP contribution in [0.2, 0.25) is 0 Å². The lowest BCUT2D eigenvalue weighted by molar-refractivity contribution is 0.182. The predicted molar refractivity (Wildman–Crippen MR) is 126 cm³/mol. The first-order valence-electron chi connectivity index (χ1n) is 9.95. The van der Waals surface area contributed by atoms with Crippen LogP contribution in [0.4, 0.5) is 0 Å². The fourth-order valence-corrected chi connectivity index (χ4v) is 3.26. The Balaban J connectivity index is 0.00000420. The Morgan fingerprint density at radius 3 is 2.55 bits per heavy atom. The number of methoxy groups -OCH3 is 1. The van der Waals surface area contributed by atoms with E-state index in [0.717, 1.165) is 42.2 Å². The zero-order valence-electron chi connectivity index (χ0n) is 18.4. The molecule has 2 N–H and O–H groups in total. The minimum absolute atomic E-state index is 0. The number of aliphatic imine (C=N–C) groups is 1. The lowest BCUT2D eigenvalue weighted by Crippen LogP contribution is -2.36. The molecule has 0 aliphatic carbocycles. The van der Waals surface area contributed by atoms with E-state index < -0.39 is 0 Å². The van der Waals surface area contributed by atoms with Crippen molar-refractivity contribution in [3.63, 3.8) is 0 Å². The first kappa shape index (κ1) is 25.4. The van der Waals surface area contributed by atoms with E-state index >= 15 is 0 Å². The molecule has 0 aromatic carbocycles. The van der Waals surface area contributed by atoms with E-state index in [4.69, 9.17) is 9.26 Å². The van der Waals surface area contributed by atoms with Gasteiger partial charge in [0.25, 0.3) is 0 Å². The maximum absolute atomic E-state index is 5.47. The van der Waals surface area contributed by atoms with Crippen molar-refractivity contribution in [3.8, 4) is 0 Å². The van der Waals surface area contributed by atoms with Crippen molar-refractivity contribution >= 4 is 29.9 Å². The Bertz CT molecular complexity index is 767. The summed E-state index contributed by atoms with van der Waals surface area (Å²) in [6, 6.07) is 2.03. The molecular formula is C20H35IN6O2. The Morgan fingerprint density at radius 1 is 1.24 bits per heavy atom. The van der Waals surface area contributed by atoms with Gasteiger partial charge in [-0.05, 0) is 26.7 Å². The van der Waals surface area contributed by atoms with Gasteiger partial charge in [-0.2, -0.15) is 5.10 Å². The van der Waals surface area contributed by atoms with E-state index in [9.17, 15) is 0 Å². The summed E-state index contributed by atoms with van der Waals surface area (Å²) in [7, 11) is 3.46. The van der Waals surface area contributed by atoms with Crippen molar-refractivity contribution in [1.29, 1.82) is 0 Å². The van der Waals surface area contributed by atoms with Gasteiger partial charge in [0, 0.05) is 43.9 Å². The van der Waals surface area contributed by atoms with Gasteiger partial charge in [0.2, 0.25) is 0 Å². The van der Waals surface area contributed by atoms with Crippen molar-refractivity contribution in [3.05, 3.63) is 34.5 Å². The third kappa shape index (κ3) is 6.98. The normalized spacial score (nSPS) is 11.6. The molecule has 9 heteroatoms. The van der Waals surface area contributed by atoms with Crippen LogP contribution in [-0.4, -0.2) is 41.7 Å². The fraction of sp³-hybridized carbons (Fsp3) is 0.650. The summed E-state index contributed by atoms with van der Waals surface area (Å²) in [5.74, 6) is 1.98. The van der Waals surface area contributed by atoms with Gasteiger partial charge in [0.05, 0.1) is 31.1 Å². The zero-order chi connectivity index (χ0) is 20.5. The second kappa shape index (κ2) is 12.8. The summed E-state index contributed by atoms with van der Waals surface area (Å²) in [4.78, 5) is 4.29. The van der Waals surface area contributed by atoms with Crippen LogP contribution in [0, 0.1) is 13.8 Å². The molecule has 0 radical (unpaired) electrons. The molecule has 2 heterocycles. The molecule has 0 aliphatic rings. The van der Waals surface area contributed by atoms with E-state index in [2.05, 4.69) is 46.7 Å². The number of nitrogens with one attached hydrogen (secondary N) is 2. The van der Waals surface area contributed by atoms with Gasteiger partial charge in [-0.3, -0.25) is 9.67 Å². The van der Waals surface area contributed by atoms with Gasteiger partial charge in [-0.25, -0.2) is 0 Å².